The van der Waals surface area contributed by atoms with Crippen molar-refractivity contribution in [2.75, 3.05) is 25.1 Å². The maximum absolute atomic E-state index is 12.3. The van der Waals surface area contributed by atoms with Gasteiger partial charge in [-0.3, -0.25) is 0 Å². The quantitative estimate of drug-likeness (QED) is 0.870. The number of benzene rings is 1. The third kappa shape index (κ3) is 3.74. The lowest BCUT2D eigenvalue weighted by Gasteiger charge is -2.33. The van der Waals surface area contributed by atoms with Gasteiger partial charge < -0.3 is 20.1 Å². The minimum absolute atomic E-state index is 0.0176. The molecule has 1 atom stereocenters. The summed E-state index contributed by atoms with van der Waals surface area (Å²) in [5.41, 5.74) is 1.68. The number of urea groups is 1. The summed E-state index contributed by atoms with van der Waals surface area (Å²) in [6.07, 6.45) is 0.764. The van der Waals surface area contributed by atoms with Crippen molar-refractivity contribution in [2.45, 2.75) is 19.4 Å². The van der Waals surface area contributed by atoms with E-state index in [0.717, 1.165) is 16.5 Å². The van der Waals surface area contributed by atoms with Crippen LogP contribution in [0.2, 0.25) is 0 Å². The Bertz CT molecular complexity index is 550. The fraction of sp³-hybridized carbons (Fsp3) is 0.429. The van der Waals surface area contributed by atoms with Gasteiger partial charge in [-0.2, -0.15) is 0 Å². The first kappa shape index (κ1) is 15.8. The summed E-state index contributed by atoms with van der Waals surface area (Å²) in [6, 6.07) is 4.21. The summed E-state index contributed by atoms with van der Waals surface area (Å²) in [6.45, 7) is 2.62. The molecule has 1 heterocycles. The minimum Gasteiger partial charge on any atom is -0.480 e. The van der Waals surface area contributed by atoms with Crippen LogP contribution in [0.3, 0.4) is 0 Å². The topological polar surface area (TPSA) is 78.9 Å². The molecule has 0 aliphatic carbocycles. The molecule has 1 aromatic carbocycles. The van der Waals surface area contributed by atoms with Crippen LogP contribution in [0.25, 0.3) is 0 Å². The van der Waals surface area contributed by atoms with Crippen LogP contribution in [0, 0.1) is 0 Å². The van der Waals surface area contributed by atoms with Crippen molar-refractivity contribution >= 4 is 33.6 Å². The molecule has 1 saturated heterocycles. The molecule has 1 fully saturated rings. The molecule has 0 radical (unpaired) electrons. The number of carboxylic acid groups (broad SMARTS) is 1. The zero-order chi connectivity index (χ0) is 15.4. The van der Waals surface area contributed by atoms with Crippen LogP contribution in [0.15, 0.2) is 22.7 Å². The first-order chi connectivity index (χ1) is 10.0. The van der Waals surface area contributed by atoms with E-state index in [0.29, 0.717) is 12.3 Å². The average Bonchev–Trinajstić information content (AvgIpc) is 2.48. The summed E-state index contributed by atoms with van der Waals surface area (Å²) in [4.78, 5) is 24.8. The summed E-state index contributed by atoms with van der Waals surface area (Å²) < 4.78 is 6.06. The summed E-state index contributed by atoms with van der Waals surface area (Å²) in [7, 11) is 0. The number of amides is 2. The zero-order valence-electron chi connectivity index (χ0n) is 11.6. The lowest BCUT2D eigenvalue weighted by atomic mass is 10.1. The number of ether oxygens (including phenoxy) is 1. The van der Waals surface area contributed by atoms with Crippen LogP contribution < -0.4 is 5.32 Å². The predicted molar refractivity (Wildman–Crippen MR) is 81.5 cm³/mol. The number of morpholine rings is 1. The number of carbonyl (C=O) groups is 2. The number of nitrogens with zero attached hydrogens (tertiary/aromatic N) is 1. The molecule has 21 heavy (non-hydrogen) atoms. The fourth-order valence-electron chi connectivity index (χ4n) is 2.22. The molecule has 7 heteroatoms. The number of hydrogen-bond acceptors (Lipinski definition) is 3. The molecule has 114 valence electrons. The van der Waals surface area contributed by atoms with E-state index in [9.17, 15) is 9.59 Å². The Labute approximate surface area is 131 Å². The van der Waals surface area contributed by atoms with Crippen LogP contribution >= 0.6 is 15.9 Å². The van der Waals surface area contributed by atoms with Gasteiger partial charge >= 0.3 is 12.0 Å². The maximum Gasteiger partial charge on any atom is 0.328 e. The van der Waals surface area contributed by atoms with Crippen LogP contribution in [-0.4, -0.2) is 47.8 Å². The molecule has 1 aliphatic heterocycles. The number of anilines is 1. The fourth-order valence-corrected chi connectivity index (χ4v) is 2.62. The molecule has 0 saturated carbocycles. The number of aliphatic carboxylic acids is 1. The van der Waals surface area contributed by atoms with Gasteiger partial charge in [0.1, 0.15) is 0 Å². The number of nitrogens with one attached hydrogen (secondary N) is 1. The minimum atomic E-state index is -1.06. The zero-order valence-corrected chi connectivity index (χ0v) is 13.2. The van der Waals surface area contributed by atoms with E-state index < -0.39 is 18.0 Å². The molecule has 1 unspecified atom stereocenters. The Morgan fingerprint density at radius 2 is 2.29 bits per heavy atom. The third-order valence-electron chi connectivity index (χ3n) is 3.36. The molecule has 2 amide bonds. The SMILES string of the molecule is CCc1cc(Br)ccc1NC(=O)N1CCOCC1C(=O)O. The molecular weight excluding hydrogens is 340 g/mol. The first-order valence-electron chi connectivity index (χ1n) is 6.69. The van der Waals surface area contributed by atoms with Crippen molar-refractivity contribution in [3.8, 4) is 0 Å². The molecule has 0 spiro atoms. The highest BCUT2D eigenvalue weighted by molar-refractivity contribution is 9.10. The highest BCUT2D eigenvalue weighted by Crippen LogP contribution is 2.22. The Hall–Kier alpha value is -1.60. The van der Waals surface area contributed by atoms with Gasteiger partial charge in [-0.25, -0.2) is 9.59 Å². The summed E-state index contributed by atoms with van der Waals surface area (Å²) in [5, 5.41) is 11.9. The highest BCUT2D eigenvalue weighted by atomic mass is 79.9. The van der Waals surface area contributed by atoms with E-state index in [2.05, 4.69) is 21.2 Å². The summed E-state index contributed by atoms with van der Waals surface area (Å²) in [5.74, 6) is -1.06. The number of hydrogen-bond donors (Lipinski definition) is 2. The Morgan fingerprint density at radius 1 is 1.52 bits per heavy atom. The Balaban J connectivity index is 2.15. The summed E-state index contributed by atoms with van der Waals surface area (Å²) >= 11 is 3.39. The third-order valence-corrected chi connectivity index (χ3v) is 3.86. The molecular formula is C14H17BrN2O4. The average molecular weight is 357 g/mol. The van der Waals surface area contributed by atoms with Crippen LogP contribution in [-0.2, 0) is 16.0 Å². The Kier molecular flexibility index (Phi) is 5.19. The molecule has 2 N–H and O–H groups in total. The standard InChI is InChI=1S/C14H17BrN2O4/c1-2-9-7-10(15)3-4-11(9)16-14(20)17-5-6-21-8-12(17)13(18)19/h3-4,7,12H,2,5-6,8H2,1H3,(H,16,20)(H,18,19). The second-order valence-electron chi connectivity index (χ2n) is 4.71. The van der Waals surface area contributed by atoms with Crippen LogP contribution in [0.1, 0.15) is 12.5 Å². The van der Waals surface area contributed by atoms with Gasteiger partial charge in [-0.15, -0.1) is 0 Å². The highest BCUT2D eigenvalue weighted by Gasteiger charge is 2.32. The largest absolute Gasteiger partial charge is 0.480 e. The number of halogens is 1. The van der Waals surface area contributed by atoms with Crippen molar-refractivity contribution in [3.63, 3.8) is 0 Å². The van der Waals surface area contributed by atoms with Gasteiger partial charge in [-0.1, -0.05) is 22.9 Å². The van der Waals surface area contributed by atoms with Gasteiger partial charge in [-0.05, 0) is 30.2 Å². The van der Waals surface area contributed by atoms with Gasteiger partial charge in [0.05, 0.1) is 13.2 Å². The number of carboxylic acids is 1. The van der Waals surface area contributed by atoms with Crippen molar-refractivity contribution in [3.05, 3.63) is 28.2 Å². The van der Waals surface area contributed by atoms with Crippen molar-refractivity contribution in [1.82, 2.24) is 4.90 Å². The monoisotopic (exact) mass is 356 g/mol. The maximum atomic E-state index is 12.3. The Morgan fingerprint density at radius 3 is 2.95 bits per heavy atom. The second-order valence-corrected chi connectivity index (χ2v) is 5.62. The van der Waals surface area contributed by atoms with Gasteiger partial charge in [0.2, 0.25) is 0 Å². The first-order valence-corrected chi connectivity index (χ1v) is 7.48. The van der Waals surface area contributed by atoms with Gasteiger partial charge in [0.15, 0.2) is 6.04 Å². The smallest absolute Gasteiger partial charge is 0.328 e. The normalized spacial score (nSPS) is 18.4. The van der Waals surface area contributed by atoms with E-state index in [-0.39, 0.29) is 13.2 Å². The van der Waals surface area contributed by atoms with Crippen molar-refractivity contribution < 1.29 is 19.4 Å². The molecule has 2 rings (SSSR count). The van der Waals surface area contributed by atoms with E-state index in [1.54, 1.807) is 6.07 Å². The molecule has 1 aromatic rings. The number of rotatable bonds is 3. The van der Waals surface area contributed by atoms with Crippen molar-refractivity contribution in [1.29, 1.82) is 0 Å². The molecule has 6 nitrogen and oxygen atoms in total. The molecule has 0 aromatic heterocycles. The van der Waals surface area contributed by atoms with E-state index in [1.165, 1.54) is 4.90 Å². The second kappa shape index (κ2) is 6.91. The van der Waals surface area contributed by atoms with Crippen LogP contribution in [0.4, 0.5) is 10.5 Å². The van der Waals surface area contributed by atoms with Gasteiger partial charge in [0, 0.05) is 16.7 Å². The van der Waals surface area contributed by atoms with E-state index >= 15 is 0 Å². The number of aryl methyl sites for hydroxylation is 1. The van der Waals surface area contributed by atoms with Crippen molar-refractivity contribution in [2.24, 2.45) is 0 Å². The van der Waals surface area contributed by atoms with E-state index in [4.69, 9.17) is 9.84 Å². The van der Waals surface area contributed by atoms with Crippen LogP contribution in [0.5, 0.6) is 0 Å². The van der Waals surface area contributed by atoms with Gasteiger partial charge in [0.25, 0.3) is 0 Å². The lowest BCUT2D eigenvalue weighted by Crippen LogP contribution is -2.54. The molecule has 1 aliphatic rings. The number of carbonyl (C=O) groups excluding carboxylic acids is 1. The van der Waals surface area contributed by atoms with E-state index in [1.807, 2.05) is 19.1 Å². The lowest BCUT2D eigenvalue weighted by molar-refractivity contribution is -0.147. The molecule has 0 bridgehead atoms. The predicted octanol–water partition coefficient (Wildman–Crippen LogP) is 2.33.